The fourth-order valence-corrected chi connectivity index (χ4v) is 2.04. The molecule has 1 aliphatic heterocycles. The summed E-state index contributed by atoms with van der Waals surface area (Å²) in [6.45, 7) is 0.884. The minimum atomic E-state index is -0.289. The topological polar surface area (TPSA) is 81.1 Å². The summed E-state index contributed by atoms with van der Waals surface area (Å²) in [6.07, 6.45) is 1.31. The number of rotatable bonds is 2. The average molecular weight is 205 g/mol. The SMILES string of the molecule is NC(=O)CC1NCCc2ccc(N)cc21. The summed E-state index contributed by atoms with van der Waals surface area (Å²) >= 11 is 0. The molecule has 4 nitrogen and oxygen atoms in total. The maximum Gasteiger partial charge on any atom is 0.219 e. The van der Waals surface area contributed by atoms with Crippen LogP contribution >= 0.6 is 0 Å². The smallest absolute Gasteiger partial charge is 0.219 e. The van der Waals surface area contributed by atoms with Gasteiger partial charge in [0.2, 0.25) is 5.91 Å². The van der Waals surface area contributed by atoms with E-state index in [9.17, 15) is 4.79 Å². The van der Waals surface area contributed by atoms with Crippen LogP contribution in [0.3, 0.4) is 0 Å². The molecule has 15 heavy (non-hydrogen) atoms. The predicted molar refractivity (Wildman–Crippen MR) is 59.1 cm³/mol. The van der Waals surface area contributed by atoms with Gasteiger partial charge in [-0.15, -0.1) is 0 Å². The normalized spacial score (nSPS) is 19.6. The van der Waals surface area contributed by atoms with Crippen LogP contribution < -0.4 is 16.8 Å². The van der Waals surface area contributed by atoms with Crippen molar-refractivity contribution in [3.8, 4) is 0 Å². The van der Waals surface area contributed by atoms with Gasteiger partial charge in [0.05, 0.1) is 0 Å². The number of nitrogens with two attached hydrogens (primary N) is 2. The highest BCUT2D eigenvalue weighted by Gasteiger charge is 2.21. The molecule has 0 fully saturated rings. The number of primary amides is 1. The van der Waals surface area contributed by atoms with E-state index in [0.717, 1.165) is 24.2 Å². The van der Waals surface area contributed by atoms with Gasteiger partial charge in [-0.25, -0.2) is 0 Å². The molecule has 1 heterocycles. The van der Waals surface area contributed by atoms with Gasteiger partial charge in [0.15, 0.2) is 0 Å². The van der Waals surface area contributed by atoms with E-state index in [1.807, 2.05) is 18.2 Å². The molecule has 80 valence electrons. The van der Waals surface area contributed by atoms with Crippen LogP contribution in [0, 0.1) is 0 Å². The van der Waals surface area contributed by atoms with Crippen molar-refractivity contribution in [2.24, 2.45) is 5.73 Å². The number of fused-ring (bicyclic) bond motifs is 1. The maximum absolute atomic E-state index is 10.9. The molecular formula is C11H15N3O. The molecular weight excluding hydrogens is 190 g/mol. The van der Waals surface area contributed by atoms with Gasteiger partial charge in [-0.05, 0) is 36.2 Å². The van der Waals surface area contributed by atoms with Crippen molar-refractivity contribution in [3.63, 3.8) is 0 Å². The van der Waals surface area contributed by atoms with Crippen molar-refractivity contribution in [2.75, 3.05) is 12.3 Å². The minimum absolute atomic E-state index is 0.0229. The summed E-state index contributed by atoms with van der Waals surface area (Å²) < 4.78 is 0. The second kappa shape index (κ2) is 3.90. The molecule has 5 N–H and O–H groups in total. The third-order valence-corrected chi connectivity index (χ3v) is 2.74. The number of nitrogens with one attached hydrogen (secondary N) is 1. The molecule has 0 spiro atoms. The standard InChI is InChI=1S/C11H15N3O/c12-8-2-1-7-3-4-14-10(6-11(13)15)9(7)5-8/h1-2,5,10,14H,3-4,6,12H2,(H2,13,15). The van der Waals surface area contributed by atoms with E-state index in [1.165, 1.54) is 5.56 Å². The van der Waals surface area contributed by atoms with Gasteiger partial charge in [-0.2, -0.15) is 0 Å². The van der Waals surface area contributed by atoms with E-state index in [4.69, 9.17) is 11.5 Å². The lowest BCUT2D eigenvalue weighted by Crippen LogP contribution is -2.33. The molecule has 4 heteroatoms. The summed E-state index contributed by atoms with van der Waals surface area (Å²) in [4.78, 5) is 10.9. The fraction of sp³-hybridized carbons (Fsp3) is 0.364. The molecule has 1 atom stereocenters. The van der Waals surface area contributed by atoms with Crippen LogP contribution in [0.5, 0.6) is 0 Å². The minimum Gasteiger partial charge on any atom is -0.399 e. The molecule has 1 aromatic carbocycles. The van der Waals surface area contributed by atoms with Gasteiger partial charge in [0.25, 0.3) is 0 Å². The summed E-state index contributed by atoms with van der Waals surface area (Å²) in [5.41, 5.74) is 14.0. The largest absolute Gasteiger partial charge is 0.399 e. The van der Waals surface area contributed by atoms with Crippen LogP contribution in [0.25, 0.3) is 0 Å². The first-order valence-electron chi connectivity index (χ1n) is 5.07. The van der Waals surface area contributed by atoms with Crippen molar-refractivity contribution in [3.05, 3.63) is 29.3 Å². The monoisotopic (exact) mass is 205 g/mol. The lowest BCUT2D eigenvalue weighted by molar-refractivity contribution is -0.118. The fourth-order valence-electron chi connectivity index (χ4n) is 2.04. The maximum atomic E-state index is 10.9. The van der Waals surface area contributed by atoms with Gasteiger partial charge in [-0.1, -0.05) is 6.07 Å². The quantitative estimate of drug-likeness (QED) is 0.609. The Labute approximate surface area is 88.6 Å². The van der Waals surface area contributed by atoms with Gasteiger partial charge < -0.3 is 16.8 Å². The highest BCUT2D eigenvalue weighted by Crippen LogP contribution is 2.26. The van der Waals surface area contributed by atoms with Gasteiger partial charge in [-0.3, -0.25) is 4.79 Å². The van der Waals surface area contributed by atoms with Crippen LogP contribution in [0.1, 0.15) is 23.6 Å². The Kier molecular flexibility index (Phi) is 2.60. The van der Waals surface area contributed by atoms with Crippen molar-refractivity contribution < 1.29 is 4.79 Å². The summed E-state index contributed by atoms with van der Waals surface area (Å²) in [5.74, 6) is -0.289. The molecule has 0 aromatic heterocycles. The zero-order valence-corrected chi connectivity index (χ0v) is 8.49. The number of benzene rings is 1. The van der Waals surface area contributed by atoms with Gasteiger partial charge >= 0.3 is 0 Å². The number of nitrogen functional groups attached to an aromatic ring is 1. The number of anilines is 1. The molecule has 0 saturated heterocycles. The van der Waals surface area contributed by atoms with Crippen molar-refractivity contribution in [2.45, 2.75) is 18.9 Å². The molecule has 1 aliphatic rings. The molecule has 1 aromatic rings. The van der Waals surface area contributed by atoms with E-state index in [2.05, 4.69) is 5.32 Å². The number of hydrogen-bond acceptors (Lipinski definition) is 3. The Morgan fingerprint density at radius 2 is 2.33 bits per heavy atom. The van der Waals surface area contributed by atoms with Crippen LogP contribution in [0.15, 0.2) is 18.2 Å². The molecule has 0 radical (unpaired) electrons. The van der Waals surface area contributed by atoms with E-state index in [-0.39, 0.29) is 11.9 Å². The number of amides is 1. The van der Waals surface area contributed by atoms with E-state index < -0.39 is 0 Å². The van der Waals surface area contributed by atoms with Crippen LogP contribution in [0.2, 0.25) is 0 Å². The first-order chi connectivity index (χ1) is 7.16. The Bertz CT molecular complexity index is 389. The van der Waals surface area contributed by atoms with Crippen LogP contribution in [-0.2, 0) is 11.2 Å². The summed E-state index contributed by atoms with van der Waals surface area (Å²) in [6, 6.07) is 5.87. The second-order valence-electron chi connectivity index (χ2n) is 3.89. The molecule has 1 amide bonds. The second-order valence-corrected chi connectivity index (χ2v) is 3.89. The predicted octanol–water partition coefficient (Wildman–Crippen LogP) is 0.331. The first kappa shape index (κ1) is 9.98. The summed E-state index contributed by atoms with van der Waals surface area (Å²) in [5, 5.41) is 3.28. The highest BCUT2D eigenvalue weighted by atomic mass is 16.1. The lowest BCUT2D eigenvalue weighted by Gasteiger charge is -2.26. The van der Waals surface area contributed by atoms with Crippen molar-refractivity contribution >= 4 is 11.6 Å². The van der Waals surface area contributed by atoms with Gasteiger partial charge in [0.1, 0.15) is 0 Å². The molecule has 1 unspecified atom stereocenters. The van der Waals surface area contributed by atoms with Crippen molar-refractivity contribution in [1.29, 1.82) is 0 Å². The lowest BCUT2D eigenvalue weighted by atomic mass is 9.92. The third kappa shape index (κ3) is 2.10. The molecule has 0 bridgehead atoms. The Morgan fingerprint density at radius 3 is 3.07 bits per heavy atom. The van der Waals surface area contributed by atoms with E-state index >= 15 is 0 Å². The Morgan fingerprint density at radius 1 is 1.53 bits per heavy atom. The number of carbonyl (C=O) groups is 1. The molecule has 2 rings (SSSR count). The molecule has 0 aliphatic carbocycles. The number of hydrogen-bond donors (Lipinski definition) is 3. The highest BCUT2D eigenvalue weighted by molar-refractivity contribution is 5.75. The Balaban J connectivity index is 2.32. The number of carbonyl (C=O) groups excluding carboxylic acids is 1. The zero-order valence-electron chi connectivity index (χ0n) is 8.49. The first-order valence-corrected chi connectivity index (χ1v) is 5.07. The van der Waals surface area contributed by atoms with Crippen molar-refractivity contribution in [1.82, 2.24) is 5.32 Å². The van der Waals surface area contributed by atoms with E-state index in [0.29, 0.717) is 6.42 Å². The molecule has 0 saturated carbocycles. The van der Waals surface area contributed by atoms with Crippen LogP contribution in [-0.4, -0.2) is 12.5 Å². The third-order valence-electron chi connectivity index (χ3n) is 2.74. The summed E-state index contributed by atoms with van der Waals surface area (Å²) in [7, 11) is 0. The van der Waals surface area contributed by atoms with E-state index in [1.54, 1.807) is 0 Å². The average Bonchev–Trinajstić information content (AvgIpc) is 2.18. The van der Waals surface area contributed by atoms with Crippen LogP contribution in [0.4, 0.5) is 5.69 Å². The van der Waals surface area contributed by atoms with Gasteiger partial charge in [0, 0.05) is 18.2 Å². The zero-order chi connectivity index (χ0) is 10.8. The Hall–Kier alpha value is -1.55.